The van der Waals surface area contributed by atoms with Crippen LogP contribution in [0.2, 0.25) is 0 Å². The number of Topliss-reactive ketones (excluding diaryl/α,β-unsaturated/α-hetero) is 1. The lowest BCUT2D eigenvalue weighted by molar-refractivity contribution is -0.127. The molecule has 1 rings (SSSR count). The molecule has 0 amide bonds. The van der Waals surface area contributed by atoms with Gasteiger partial charge in [0.15, 0.2) is 6.29 Å². The van der Waals surface area contributed by atoms with Gasteiger partial charge < -0.3 is 5.73 Å². The van der Waals surface area contributed by atoms with Crippen LogP contribution >= 0.6 is 0 Å². The van der Waals surface area contributed by atoms with E-state index in [1.54, 1.807) is 0 Å². The molecule has 1 heterocycles. The number of nitrogens with two attached hydrogens (primary N) is 1. The summed E-state index contributed by atoms with van der Waals surface area (Å²) < 4.78 is 0. The van der Waals surface area contributed by atoms with Gasteiger partial charge in [-0.3, -0.25) is 15.0 Å². The summed E-state index contributed by atoms with van der Waals surface area (Å²) >= 11 is 0. The van der Waals surface area contributed by atoms with E-state index in [9.17, 15) is 9.59 Å². The highest BCUT2D eigenvalue weighted by molar-refractivity contribution is 6.33. The molecule has 0 bridgehead atoms. The van der Waals surface area contributed by atoms with E-state index in [-0.39, 0.29) is 17.7 Å². The number of rotatable bonds is 2. The van der Waals surface area contributed by atoms with Gasteiger partial charge in [0.25, 0.3) is 0 Å². The molecule has 0 saturated carbocycles. The van der Waals surface area contributed by atoms with E-state index in [0.717, 1.165) is 0 Å². The monoisotopic (exact) mass is 154 g/mol. The summed E-state index contributed by atoms with van der Waals surface area (Å²) in [6.07, 6.45) is 1.42. The number of carbonyl (C=O) groups is 2. The molecule has 0 aromatic carbocycles. The van der Waals surface area contributed by atoms with Crippen molar-refractivity contribution in [1.82, 2.24) is 11.0 Å². The van der Waals surface area contributed by atoms with Crippen LogP contribution in [0, 0.1) is 0 Å². The quantitative estimate of drug-likeness (QED) is 0.316. The third-order valence-corrected chi connectivity index (χ3v) is 1.09. The lowest BCUT2D eigenvalue weighted by Crippen LogP contribution is -2.37. The number of nitrogens with zero attached hydrogens (tertiary/aromatic N) is 1. The molecule has 0 aliphatic carbocycles. The molecular formula is C5H6N4O2. The van der Waals surface area contributed by atoms with E-state index in [2.05, 4.69) is 16.1 Å². The van der Waals surface area contributed by atoms with Gasteiger partial charge in [-0.25, -0.2) is 5.53 Å². The van der Waals surface area contributed by atoms with Crippen LogP contribution in [0.3, 0.4) is 0 Å². The second kappa shape index (κ2) is 2.82. The molecule has 0 radical (unpaired) electrons. The second-order valence-corrected chi connectivity index (χ2v) is 1.81. The molecule has 11 heavy (non-hydrogen) atoms. The molecule has 0 atom stereocenters. The fourth-order valence-corrected chi connectivity index (χ4v) is 0.589. The van der Waals surface area contributed by atoms with E-state index in [1.807, 2.05) is 0 Å². The largest absolute Gasteiger partial charge is 0.396 e. The summed E-state index contributed by atoms with van der Waals surface area (Å²) in [6, 6.07) is 0. The molecule has 0 saturated heterocycles. The Morgan fingerprint density at radius 3 is 3.00 bits per heavy atom. The van der Waals surface area contributed by atoms with Gasteiger partial charge in [-0.05, 0) is 0 Å². The summed E-state index contributed by atoms with van der Waals surface area (Å²) in [5, 5.41) is 3.49. The zero-order valence-corrected chi connectivity index (χ0v) is 5.50. The van der Waals surface area contributed by atoms with Crippen LogP contribution in [0.25, 0.3) is 0 Å². The predicted octanol–water partition coefficient (Wildman–Crippen LogP) is -1.98. The molecule has 6 heteroatoms. The number of hydrogen-bond acceptors (Lipinski definition) is 6. The first kappa shape index (κ1) is 7.26. The van der Waals surface area contributed by atoms with Crippen LogP contribution < -0.4 is 16.7 Å². The van der Waals surface area contributed by atoms with Crippen LogP contribution in [0.15, 0.2) is 16.5 Å². The molecule has 4 N–H and O–H groups in total. The molecule has 6 nitrogen and oxygen atoms in total. The fraction of sp³-hybridized carbons (Fsp3) is 0. The van der Waals surface area contributed by atoms with Crippen LogP contribution in [-0.4, -0.2) is 18.3 Å². The van der Waals surface area contributed by atoms with E-state index in [4.69, 9.17) is 5.73 Å². The molecule has 58 valence electrons. The standard InChI is InChI=1S/C5H6N4O2/c6-3-1-7-9-8-5(3)4(11)2-10/h1-2,8-9H,6H2. The van der Waals surface area contributed by atoms with Crippen molar-refractivity contribution in [1.29, 1.82) is 0 Å². The van der Waals surface area contributed by atoms with E-state index < -0.39 is 5.78 Å². The highest BCUT2D eigenvalue weighted by Crippen LogP contribution is 1.94. The van der Waals surface area contributed by atoms with Crippen LogP contribution in [0.4, 0.5) is 0 Å². The lowest BCUT2D eigenvalue weighted by atomic mass is 10.2. The zero-order chi connectivity index (χ0) is 8.27. The first-order valence-corrected chi connectivity index (χ1v) is 2.79. The highest BCUT2D eigenvalue weighted by atomic mass is 16.2. The molecule has 1 aliphatic heterocycles. The normalized spacial score (nSPS) is 15.3. The third kappa shape index (κ3) is 1.34. The van der Waals surface area contributed by atoms with Gasteiger partial charge in [0, 0.05) is 0 Å². The molecule has 0 spiro atoms. The Balaban J connectivity index is 2.91. The topological polar surface area (TPSA) is 96.6 Å². The average Bonchev–Trinajstić information content (AvgIpc) is 2.04. The van der Waals surface area contributed by atoms with Crippen molar-refractivity contribution < 1.29 is 9.59 Å². The number of carbonyl (C=O) groups excluding carboxylic acids is 2. The molecule has 0 fully saturated rings. The molecular weight excluding hydrogens is 148 g/mol. The molecule has 0 aromatic rings. The van der Waals surface area contributed by atoms with Gasteiger partial charge in [-0.1, -0.05) is 0 Å². The summed E-state index contributed by atoms with van der Waals surface area (Å²) in [4.78, 5) is 20.7. The van der Waals surface area contributed by atoms with Crippen LogP contribution in [-0.2, 0) is 9.59 Å². The van der Waals surface area contributed by atoms with Gasteiger partial charge in [0.2, 0.25) is 5.78 Å². The van der Waals surface area contributed by atoms with Crippen LogP contribution in [0.1, 0.15) is 0 Å². The predicted molar refractivity (Wildman–Crippen MR) is 37.0 cm³/mol. The van der Waals surface area contributed by atoms with Crippen molar-refractivity contribution in [3.05, 3.63) is 11.4 Å². The number of hydrazone groups is 1. The second-order valence-electron chi connectivity index (χ2n) is 1.81. The van der Waals surface area contributed by atoms with Crippen molar-refractivity contribution in [2.75, 3.05) is 0 Å². The maximum atomic E-state index is 10.7. The van der Waals surface area contributed by atoms with E-state index >= 15 is 0 Å². The Morgan fingerprint density at radius 2 is 2.45 bits per heavy atom. The van der Waals surface area contributed by atoms with E-state index in [1.165, 1.54) is 6.21 Å². The summed E-state index contributed by atoms with van der Waals surface area (Å²) in [5.41, 5.74) is 10.1. The Labute approximate surface area is 62.1 Å². The molecule has 0 unspecified atom stereocenters. The minimum Gasteiger partial charge on any atom is -0.396 e. The van der Waals surface area contributed by atoms with Crippen molar-refractivity contribution in [2.24, 2.45) is 10.8 Å². The number of nitrogens with one attached hydrogen (secondary N) is 2. The minimum absolute atomic E-state index is 0.0231. The smallest absolute Gasteiger partial charge is 0.245 e. The number of aldehydes is 1. The third-order valence-electron chi connectivity index (χ3n) is 1.09. The Morgan fingerprint density at radius 1 is 1.73 bits per heavy atom. The van der Waals surface area contributed by atoms with Crippen molar-refractivity contribution in [2.45, 2.75) is 0 Å². The first-order valence-electron chi connectivity index (χ1n) is 2.79. The SMILES string of the molecule is NC1=C(C(=O)C=O)NNN=C1. The summed E-state index contributed by atoms with van der Waals surface area (Å²) in [7, 11) is 0. The van der Waals surface area contributed by atoms with Gasteiger partial charge in [0.1, 0.15) is 5.70 Å². The average molecular weight is 154 g/mol. The number of hydrazine groups is 1. The first-order chi connectivity index (χ1) is 5.25. The van der Waals surface area contributed by atoms with E-state index in [0.29, 0.717) is 0 Å². The van der Waals surface area contributed by atoms with Gasteiger partial charge in [0.05, 0.1) is 11.9 Å². The minimum atomic E-state index is -0.707. The van der Waals surface area contributed by atoms with Crippen molar-refractivity contribution in [3.8, 4) is 0 Å². The Bertz CT molecular complexity index is 255. The molecule has 0 aromatic heterocycles. The number of hydrogen-bond donors (Lipinski definition) is 3. The Hall–Kier alpha value is -1.85. The Kier molecular flexibility index (Phi) is 1.86. The summed E-state index contributed by atoms with van der Waals surface area (Å²) in [5.74, 6) is -0.707. The van der Waals surface area contributed by atoms with Gasteiger partial charge >= 0.3 is 0 Å². The number of allylic oxidation sites excluding steroid dienone is 2. The lowest BCUT2D eigenvalue weighted by Gasteiger charge is -2.11. The molecule has 1 aliphatic rings. The highest BCUT2D eigenvalue weighted by Gasteiger charge is 2.13. The van der Waals surface area contributed by atoms with Gasteiger partial charge in [-0.15, -0.1) is 0 Å². The summed E-state index contributed by atoms with van der Waals surface area (Å²) in [6.45, 7) is 0. The van der Waals surface area contributed by atoms with Crippen molar-refractivity contribution in [3.63, 3.8) is 0 Å². The van der Waals surface area contributed by atoms with Gasteiger partial charge in [-0.2, -0.15) is 5.10 Å². The fourth-order valence-electron chi connectivity index (χ4n) is 0.589. The van der Waals surface area contributed by atoms with Crippen LogP contribution in [0.5, 0.6) is 0 Å². The number of ketones is 1. The van der Waals surface area contributed by atoms with Crippen molar-refractivity contribution >= 4 is 18.3 Å². The zero-order valence-electron chi connectivity index (χ0n) is 5.50. The maximum absolute atomic E-state index is 10.7. The maximum Gasteiger partial charge on any atom is 0.245 e.